The molecule has 1 amide bonds. The fourth-order valence-corrected chi connectivity index (χ4v) is 5.83. The molecule has 0 fully saturated rings. The van der Waals surface area contributed by atoms with Gasteiger partial charge in [-0.2, -0.15) is 0 Å². The third kappa shape index (κ3) is 6.48. The van der Waals surface area contributed by atoms with Crippen molar-refractivity contribution in [3.63, 3.8) is 0 Å². The monoisotopic (exact) mass is 551 g/mol. The zero-order valence-corrected chi connectivity index (χ0v) is 22.4. The van der Waals surface area contributed by atoms with Crippen molar-refractivity contribution in [2.75, 3.05) is 27.7 Å². The van der Waals surface area contributed by atoms with Crippen molar-refractivity contribution in [1.82, 2.24) is 0 Å². The van der Waals surface area contributed by atoms with E-state index in [1.807, 2.05) is 6.92 Å². The van der Waals surface area contributed by atoms with Gasteiger partial charge in [0.2, 0.25) is 15.9 Å². The van der Waals surface area contributed by atoms with Crippen LogP contribution >= 0.6 is 11.6 Å². The molecule has 0 saturated carbocycles. The Morgan fingerprint density at radius 2 is 1.58 bits per heavy atom. The predicted octanol–water partition coefficient (Wildman–Crippen LogP) is 4.25. The number of rotatable bonds is 9. The lowest BCUT2D eigenvalue weighted by atomic mass is 10.2. The van der Waals surface area contributed by atoms with Crippen LogP contribution in [0.15, 0.2) is 71.6 Å². The van der Waals surface area contributed by atoms with E-state index in [0.29, 0.717) is 22.1 Å². The molecule has 0 aromatic heterocycles. The summed E-state index contributed by atoms with van der Waals surface area (Å²) in [5.41, 5.74) is 1.72. The molecule has 1 atom stereocenters. The van der Waals surface area contributed by atoms with Gasteiger partial charge in [-0.05, 0) is 80.1 Å². The number of ether oxygens (including phenoxy) is 1. The summed E-state index contributed by atoms with van der Waals surface area (Å²) in [6, 6.07) is 15.6. The van der Waals surface area contributed by atoms with E-state index in [2.05, 4.69) is 10.0 Å². The second kappa shape index (κ2) is 10.8. The number of halogens is 1. The molecule has 0 heterocycles. The average molecular weight is 552 g/mol. The van der Waals surface area contributed by atoms with Crippen LogP contribution in [0.4, 0.5) is 17.1 Å². The van der Waals surface area contributed by atoms with Gasteiger partial charge in [0.25, 0.3) is 10.0 Å². The van der Waals surface area contributed by atoms with Gasteiger partial charge in [-0.15, -0.1) is 0 Å². The molecule has 192 valence electrons. The minimum atomic E-state index is -3.94. The number of methoxy groups -OCH3 is 1. The van der Waals surface area contributed by atoms with E-state index < -0.39 is 32.0 Å². The van der Waals surface area contributed by atoms with Crippen LogP contribution in [0.25, 0.3) is 0 Å². The number of nitrogens with zero attached hydrogens (tertiary/aromatic N) is 1. The van der Waals surface area contributed by atoms with Crippen LogP contribution < -0.4 is 19.1 Å². The number of carbonyl (C=O) groups excluding carboxylic acids is 1. The van der Waals surface area contributed by atoms with Gasteiger partial charge in [-0.3, -0.25) is 13.8 Å². The third-order valence-electron chi connectivity index (χ3n) is 5.20. The minimum Gasteiger partial charge on any atom is -0.495 e. The van der Waals surface area contributed by atoms with Crippen molar-refractivity contribution in [2.24, 2.45) is 0 Å². The van der Waals surface area contributed by atoms with Crippen molar-refractivity contribution in [2.45, 2.75) is 24.8 Å². The molecule has 2 N–H and O–H groups in total. The molecule has 0 spiro atoms. The van der Waals surface area contributed by atoms with Crippen LogP contribution in [0.5, 0.6) is 5.75 Å². The van der Waals surface area contributed by atoms with E-state index in [-0.39, 0.29) is 10.6 Å². The quantitative estimate of drug-likeness (QED) is 0.410. The molecule has 3 rings (SSSR count). The van der Waals surface area contributed by atoms with E-state index in [9.17, 15) is 21.6 Å². The summed E-state index contributed by atoms with van der Waals surface area (Å²) in [4.78, 5) is 12.8. The Morgan fingerprint density at radius 3 is 2.14 bits per heavy atom. The van der Waals surface area contributed by atoms with Gasteiger partial charge in [-0.1, -0.05) is 17.7 Å². The highest BCUT2D eigenvalue weighted by atomic mass is 35.5. The van der Waals surface area contributed by atoms with Gasteiger partial charge in [-0.25, -0.2) is 16.8 Å². The summed E-state index contributed by atoms with van der Waals surface area (Å²) in [6.45, 7) is 3.27. The van der Waals surface area contributed by atoms with Crippen molar-refractivity contribution in [3.8, 4) is 5.75 Å². The van der Waals surface area contributed by atoms with Crippen LogP contribution in [0.2, 0.25) is 5.02 Å². The number of nitrogens with one attached hydrogen (secondary N) is 2. The first-order chi connectivity index (χ1) is 16.8. The topological polar surface area (TPSA) is 122 Å². The summed E-state index contributed by atoms with van der Waals surface area (Å²) < 4.78 is 59.3. The van der Waals surface area contributed by atoms with Crippen LogP contribution in [-0.2, 0) is 24.8 Å². The number of sulfonamides is 2. The highest BCUT2D eigenvalue weighted by Crippen LogP contribution is 2.28. The Balaban J connectivity index is 1.78. The molecule has 0 aliphatic heterocycles. The van der Waals surface area contributed by atoms with Crippen molar-refractivity contribution < 1.29 is 26.4 Å². The molecule has 0 aliphatic rings. The first-order valence-corrected chi connectivity index (χ1v) is 14.4. The van der Waals surface area contributed by atoms with Crippen molar-refractivity contribution in [3.05, 3.63) is 77.3 Å². The Kier molecular flexibility index (Phi) is 8.17. The zero-order chi connectivity index (χ0) is 26.7. The van der Waals surface area contributed by atoms with Crippen LogP contribution in [0.3, 0.4) is 0 Å². The highest BCUT2D eigenvalue weighted by Gasteiger charge is 2.29. The molecule has 12 heteroatoms. The SMILES string of the molecule is COc1ccc(C)cc1NS(=O)(=O)c1ccc(NC(=O)[C@@H](C)N(c2ccc(Cl)cc2)S(C)(=O)=O)cc1. The zero-order valence-electron chi connectivity index (χ0n) is 20.0. The first kappa shape index (κ1) is 27.3. The molecule has 9 nitrogen and oxygen atoms in total. The number of benzene rings is 3. The molecule has 0 aliphatic carbocycles. The molecule has 3 aromatic rings. The molecular formula is C24H26ClN3O6S2. The van der Waals surface area contributed by atoms with Gasteiger partial charge in [0.05, 0.1) is 29.6 Å². The smallest absolute Gasteiger partial charge is 0.262 e. The fraction of sp³-hybridized carbons (Fsp3) is 0.208. The normalized spacial score (nSPS) is 12.5. The maximum absolute atomic E-state index is 12.9. The number of anilines is 3. The summed E-state index contributed by atoms with van der Waals surface area (Å²) in [5, 5.41) is 3.05. The lowest BCUT2D eigenvalue weighted by molar-refractivity contribution is -0.116. The molecule has 0 saturated heterocycles. The third-order valence-corrected chi connectivity index (χ3v) is 8.08. The summed E-state index contributed by atoms with van der Waals surface area (Å²) >= 11 is 5.89. The predicted molar refractivity (Wildman–Crippen MR) is 142 cm³/mol. The van der Waals surface area contributed by atoms with E-state index in [0.717, 1.165) is 16.1 Å². The first-order valence-electron chi connectivity index (χ1n) is 10.6. The maximum Gasteiger partial charge on any atom is 0.262 e. The number of amides is 1. The van der Waals surface area contributed by atoms with Gasteiger partial charge in [0, 0.05) is 10.7 Å². The Bertz CT molecular complexity index is 1460. The largest absolute Gasteiger partial charge is 0.495 e. The fourth-order valence-electron chi connectivity index (χ4n) is 3.47. The van der Waals surface area contributed by atoms with Gasteiger partial charge in [0.15, 0.2) is 0 Å². The maximum atomic E-state index is 12.9. The Labute approximate surface area is 216 Å². The molecule has 0 radical (unpaired) electrons. The van der Waals surface area contributed by atoms with Crippen molar-refractivity contribution in [1.29, 1.82) is 0 Å². The molecular weight excluding hydrogens is 526 g/mol. The van der Waals surface area contributed by atoms with Crippen LogP contribution in [0.1, 0.15) is 12.5 Å². The highest BCUT2D eigenvalue weighted by molar-refractivity contribution is 7.92. The summed E-state index contributed by atoms with van der Waals surface area (Å²) in [6.07, 6.45) is 1.00. The lowest BCUT2D eigenvalue weighted by Crippen LogP contribution is -2.45. The van der Waals surface area contributed by atoms with Crippen LogP contribution in [0, 0.1) is 6.92 Å². The van der Waals surface area contributed by atoms with E-state index in [4.69, 9.17) is 16.3 Å². The molecule has 0 unspecified atom stereocenters. The second-order valence-electron chi connectivity index (χ2n) is 8.03. The number of aryl methyl sites for hydroxylation is 1. The average Bonchev–Trinajstić information content (AvgIpc) is 2.80. The lowest BCUT2D eigenvalue weighted by Gasteiger charge is -2.28. The van der Waals surface area contributed by atoms with Gasteiger partial charge < -0.3 is 10.1 Å². The Morgan fingerprint density at radius 1 is 0.972 bits per heavy atom. The summed E-state index contributed by atoms with van der Waals surface area (Å²) in [7, 11) is -6.29. The molecule has 36 heavy (non-hydrogen) atoms. The van der Waals surface area contributed by atoms with E-state index >= 15 is 0 Å². The number of hydrogen-bond donors (Lipinski definition) is 2. The number of hydrogen-bond acceptors (Lipinski definition) is 6. The Hall–Kier alpha value is -3.28. The molecule has 0 bridgehead atoms. The second-order valence-corrected chi connectivity index (χ2v) is 12.0. The van der Waals surface area contributed by atoms with Crippen LogP contribution in [-0.4, -0.2) is 42.2 Å². The summed E-state index contributed by atoms with van der Waals surface area (Å²) in [5.74, 6) is -0.230. The van der Waals surface area contributed by atoms with E-state index in [1.54, 1.807) is 18.2 Å². The van der Waals surface area contributed by atoms with Crippen molar-refractivity contribution >= 4 is 54.6 Å². The van der Waals surface area contributed by atoms with E-state index in [1.165, 1.54) is 62.6 Å². The van der Waals surface area contributed by atoms with Gasteiger partial charge >= 0.3 is 0 Å². The standard InChI is InChI=1S/C24H26ClN3O6S2/c1-16-5-14-23(34-3)22(15-16)27-36(32,33)21-12-8-19(9-13-21)26-24(29)17(2)28(35(4,30)31)20-10-6-18(25)7-11-20/h5-15,17,27H,1-4H3,(H,26,29)/t17-/m1/s1. The minimum absolute atomic E-state index is 0.0315. The van der Waals surface area contributed by atoms with Gasteiger partial charge in [0.1, 0.15) is 11.8 Å². The number of carbonyl (C=O) groups is 1. The molecule has 3 aromatic carbocycles.